The van der Waals surface area contributed by atoms with Gasteiger partial charge in [-0.3, -0.25) is 0 Å². The Morgan fingerprint density at radius 2 is 1.77 bits per heavy atom. The maximum absolute atomic E-state index is 9.33. The number of nitrogens with two attached hydrogens (primary N) is 1. The van der Waals surface area contributed by atoms with Crippen LogP contribution in [0.1, 0.15) is 41.1 Å². The summed E-state index contributed by atoms with van der Waals surface area (Å²) < 4.78 is 14.7. The maximum Gasteiger partial charge on any atom is 0.184 e. The Morgan fingerprint density at radius 3 is 2.40 bits per heavy atom. The van der Waals surface area contributed by atoms with Gasteiger partial charge in [0.2, 0.25) is 0 Å². The Labute approximate surface area is 181 Å². The molecule has 1 aliphatic heterocycles. The van der Waals surface area contributed by atoms with Gasteiger partial charge >= 0.3 is 0 Å². The molecule has 1 saturated heterocycles. The molecule has 0 unspecified atom stereocenters. The molecule has 0 radical (unpaired) electrons. The van der Waals surface area contributed by atoms with Crippen molar-refractivity contribution >= 4 is 11.8 Å². The van der Waals surface area contributed by atoms with Crippen LogP contribution in [0, 0.1) is 0 Å². The van der Waals surface area contributed by atoms with Crippen molar-refractivity contribution in [3.05, 3.63) is 83.2 Å². The number of hydrogen-bond donors (Lipinski definition) is 2. The summed E-state index contributed by atoms with van der Waals surface area (Å²) in [5, 5.41) is 10.3. The van der Waals surface area contributed by atoms with E-state index in [-0.39, 0.29) is 18.8 Å². The summed E-state index contributed by atoms with van der Waals surface area (Å²) in [6, 6.07) is 16.0. The van der Waals surface area contributed by atoms with Crippen LogP contribution in [-0.2, 0) is 29.7 Å². The van der Waals surface area contributed by atoms with Gasteiger partial charge in [0, 0.05) is 43.7 Å². The van der Waals surface area contributed by atoms with Crippen molar-refractivity contribution in [3.63, 3.8) is 0 Å². The number of thioether (sulfide) groups is 1. The predicted molar refractivity (Wildman–Crippen MR) is 117 cm³/mol. The van der Waals surface area contributed by atoms with Gasteiger partial charge in [0.05, 0.1) is 18.8 Å². The van der Waals surface area contributed by atoms with Crippen LogP contribution in [0.25, 0.3) is 0 Å². The largest absolute Gasteiger partial charge is 0.392 e. The minimum absolute atomic E-state index is 0.0159. The topological polar surface area (TPSA) is 82.5 Å². The van der Waals surface area contributed by atoms with Crippen molar-refractivity contribution in [1.82, 2.24) is 9.55 Å². The molecule has 0 saturated carbocycles. The van der Waals surface area contributed by atoms with E-state index in [9.17, 15) is 5.11 Å². The standard InChI is InChI=1S/C23H27N3O3S/c1-26-11-10-25-23(26)30-15-20-12-21(18-6-4-17(14-27)5-7-18)29-22(28-20)19-8-2-16(13-24)3-9-19/h2-11,20-22,27H,12-15,24H2,1H3/t20-,21+,22+/m0/s1. The minimum atomic E-state index is -0.444. The third-order valence-electron chi connectivity index (χ3n) is 5.28. The molecule has 0 spiro atoms. The average molecular weight is 426 g/mol. The predicted octanol–water partition coefficient (Wildman–Crippen LogP) is 3.71. The van der Waals surface area contributed by atoms with Crippen molar-refractivity contribution < 1.29 is 14.6 Å². The van der Waals surface area contributed by atoms with Crippen molar-refractivity contribution in [2.75, 3.05) is 5.75 Å². The smallest absolute Gasteiger partial charge is 0.184 e. The Morgan fingerprint density at radius 1 is 1.07 bits per heavy atom. The molecule has 2 heterocycles. The van der Waals surface area contributed by atoms with Crippen LogP contribution in [0.3, 0.4) is 0 Å². The van der Waals surface area contributed by atoms with Crippen LogP contribution in [0.4, 0.5) is 0 Å². The third kappa shape index (κ3) is 4.94. The van der Waals surface area contributed by atoms with Gasteiger partial charge in [-0.05, 0) is 16.7 Å². The molecule has 0 amide bonds. The summed E-state index contributed by atoms with van der Waals surface area (Å²) in [4.78, 5) is 4.40. The number of imidazole rings is 1. The summed E-state index contributed by atoms with van der Waals surface area (Å²) in [6.07, 6.45) is 3.99. The molecule has 1 fully saturated rings. The van der Waals surface area contributed by atoms with Gasteiger partial charge in [0.1, 0.15) is 0 Å². The van der Waals surface area contributed by atoms with E-state index >= 15 is 0 Å². The van der Waals surface area contributed by atoms with E-state index in [1.807, 2.05) is 66.3 Å². The Bertz CT molecular complexity index is 888. The van der Waals surface area contributed by atoms with Crippen LogP contribution in [0.5, 0.6) is 0 Å². The summed E-state index contributed by atoms with van der Waals surface area (Å²) in [5.41, 5.74) is 9.77. The number of aromatic nitrogens is 2. The number of aliphatic hydroxyl groups excluding tert-OH is 1. The number of nitrogens with zero attached hydrogens (tertiary/aromatic N) is 2. The molecule has 3 aromatic rings. The SMILES string of the molecule is Cn1ccnc1SC[C@@H]1C[C@H](c2ccc(CO)cc2)O[C@H](c2ccc(CN)cc2)O1. The molecule has 7 heteroatoms. The number of benzene rings is 2. The molecule has 3 atom stereocenters. The first-order chi connectivity index (χ1) is 14.7. The number of aliphatic hydroxyl groups is 1. The number of aryl methyl sites for hydroxylation is 1. The lowest BCUT2D eigenvalue weighted by Crippen LogP contribution is -2.31. The fraction of sp³-hybridized carbons (Fsp3) is 0.348. The first-order valence-corrected chi connectivity index (χ1v) is 11.0. The first kappa shape index (κ1) is 21.1. The van der Waals surface area contributed by atoms with Crippen molar-refractivity contribution in [3.8, 4) is 0 Å². The van der Waals surface area contributed by atoms with Gasteiger partial charge in [-0.2, -0.15) is 0 Å². The molecule has 30 heavy (non-hydrogen) atoms. The molecular weight excluding hydrogens is 398 g/mol. The molecule has 0 aliphatic carbocycles. The van der Waals surface area contributed by atoms with Gasteiger partial charge in [0.15, 0.2) is 11.4 Å². The highest BCUT2D eigenvalue weighted by Gasteiger charge is 2.32. The van der Waals surface area contributed by atoms with Crippen LogP contribution >= 0.6 is 11.8 Å². The molecule has 1 aromatic heterocycles. The lowest BCUT2D eigenvalue weighted by molar-refractivity contribution is -0.245. The highest BCUT2D eigenvalue weighted by atomic mass is 32.2. The summed E-state index contributed by atoms with van der Waals surface area (Å²) in [7, 11) is 1.99. The number of rotatable bonds is 7. The maximum atomic E-state index is 9.33. The third-order valence-corrected chi connectivity index (χ3v) is 6.47. The summed E-state index contributed by atoms with van der Waals surface area (Å²) in [6.45, 7) is 0.545. The highest BCUT2D eigenvalue weighted by Crippen LogP contribution is 2.39. The molecule has 158 valence electrons. The van der Waals surface area contributed by atoms with E-state index in [4.69, 9.17) is 15.2 Å². The second-order valence-electron chi connectivity index (χ2n) is 7.43. The van der Waals surface area contributed by atoms with E-state index in [0.717, 1.165) is 39.6 Å². The highest BCUT2D eigenvalue weighted by molar-refractivity contribution is 7.99. The molecule has 6 nitrogen and oxygen atoms in total. The van der Waals surface area contributed by atoms with Crippen LogP contribution in [-0.4, -0.2) is 26.5 Å². The Kier molecular flexibility index (Phi) is 6.86. The van der Waals surface area contributed by atoms with Gasteiger partial charge in [-0.25, -0.2) is 4.98 Å². The van der Waals surface area contributed by atoms with Gasteiger partial charge < -0.3 is 24.9 Å². The molecule has 2 aromatic carbocycles. The lowest BCUT2D eigenvalue weighted by Gasteiger charge is -2.36. The molecule has 4 rings (SSSR count). The zero-order valence-corrected chi connectivity index (χ0v) is 17.8. The Hall–Kier alpha value is -2.16. The van der Waals surface area contributed by atoms with Gasteiger partial charge in [0.25, 0.3) is 0 Å². The first-order valence-electron chi connectivity index (χ1n) is 10.1. The molecule has 0 bridgehead atoms. The van der Waals surface area contributed by atoms with Crippen LogP contribution < -0.4 is 5.73 Å². The molecule has 3 N–H and O–H groups in total. The number of ether oxygens (including phenoxy) is 2. The molecular formula is C23H27N3O3S. The second kappa shape index (κ2) is 9.76. The molecule has 1 aliphatic rings. The van der Waals surface area contributed by atoms with Gasteiger partial charge in [-0.1, -0.05) is 60.3 Å². The van der Waals surface area contributed by atoms with Gasteiger partial charge in [-0.15, -0.1) is 0 Å². The average Bonchev–Trinajstić information content (AvgIpc) is 3.22. The van der Waals surface area contributed by atoms with E-state index in [1.54, 1.807) is 18.0 Å². The zero-order chi connectivity index (χ0) is 20.9. The summed E-state index contributed by atoms with van der Waals surface area (Å²) in [5.74, 6) is 0.789. The fourth-order valence-corrected chi connectivity index (χ4v) is 4.44. The quantitative estimate of drug-likeness (QED) is 0.562. The zero-order valence-electron chi connectivity index (χ0n) is 17.0. The van der Waals surface area contributed by atoms with Crippen molar-refractivity contribution in [2.45, 2.75) is 43.2 Å². The normalized spacial score (nSPS) is 21.6. The number of hydrogen-bond acceptors (Lipinski definition) is 6. The van der Waals surface area contributed by atoms with E-state index in [2.05, 4.69) is 4.98 Å². The Balaban J connectivity index is 1.53. The van der Waals surface area contributed by atoms with Crippen LogP contribution in [0.15, 0.2) is 66.1 Å². The van der Waals surface area contributed by atoms with E-state index in [1.165, 1.54) is 0 Å². The van der Waals surface area contributed by atoms with Crippen molar-refractivity contribution in [1.29, 1.82) is 0 Å². The van der Waals surface area contributed by atoms with E-state index in [0.29, 0.717) is 6.54 Å². The fourth-order valence-electron chi connectivity index (χ4n) is 3.49. The van der Waals surface area contributed by atoms with E-state index < -0.39 is 6.29 Å². The summed E-state index contributed by atoms with van der Waals surface area (Å²) >= 11 is 1.69. The monoisotopic (exact) mass is 425 g/mol. The van der Waals surface area contributed by atoms with Crippen molar-refractivity contribution in [2.24, 2.45) is 12.8 Å². The lowest BCUT2D eigenvalue weighted by atomic mass is 10.0. The second-order valence-corrected chi connectivity index (χ2v) is 8.41. The minimum Gasteiger partial charge on any atom is -0.392 e. The van der Waals surface area contributed by atoms with Crippen LogP contribution in [0.2, 0.25) is 0 Å².